The Labute approximate surface area is 340 Å². The molecule has 3 rings (SSSR count). The van der Waals surface area contributed by atoms with Gasteiger partial charge in [0.05, 0.1) is 12.5 Å². The average Bonchev–Trinajstić information content (AvgIpc) is 3.20. The highest BCUT2D eigenvalue weighted by atomic mass is 16.4. The summed E-state index contributed by atoms with van der Waals surface area (Å²) >= 11 is 0. The fourth-order valence-corrected chi connectivity index (χ4v) is 7.25. The van der Waals surface area contributed by atoms with E-state index < -0.39 is 35.9 Å². The van der Waals surface area contributed by atoms with Gasteiger partial charge in [-0.05, 0) is 41.2 Å². The van der Waals surface area contributed by atoms with Gasteiger partial charge in [0.2, 0.25) is 17.7 Å². The van der Waals surface area contributed by atoms with Crippen LogP contribution in [0.25, 0.3) is 10.8 Å². The molecule has 0 saturated carbocycles. The van der Waals surface area contributed by atoms with Crippen molar-refractivity contribution >= 4 is 40.4 Å². The molecule has 3 amide bonds. The summed E-state index contributed by atoms with van der Waals surface area (Å²) in [7, 11) is 0. The topological polar surface area (TPSA) is 189 Å². The molecule has 0 saturated heterocycles. The van der Waals surface area contributed by atoms with Crippen LogP contribution < -0.4 is 27.4 Å². The van der Waals surface area contributed by atoms with Crippen molar-refractivity contribution in [3.63, 3.8) is 0 Å². The molecule has 0 fully saturated rings. The van der Waals surface area contributed by atoms with Crippen molar-refractivity contribution in [3.8, 4) is 0 Å². The lowest BCUT2D eigenvalue weighted by atomic mass is 9.95. The summed E-state index contributed by atoms with van der Waals surface area (Å²) in [4.78, 5) is 57.0. The number of nitrogens with zero attached hydrogens (tertiary/aromatic N) is 1. The molecule has 57 heavy (non-hydrogen) atoms. The maximum absolute atomic E-state index is 14.1. The first-order valence-electron chi connectivity index (χ1n) is 21.4. The lowest BCUT2D eigenvalue weighted by molar-refractivity contribution is -0.142. The van der Waals surface area contributed by atoms with E-state index in [0.717, 1.165) is 42.0 Å². The quantitative estimate of drug-likeness (QED) is 0.0224. The van der Waals surface area contributed by atoms with Gasteiger partial charge in [0.15, 0.2) is 5.96 Å². The molecule has 0 unspecified atom stereocenters. The van der Waals surface area contributed by atoms with E-state index in [2.05, 4.69) is 27.9 Å². The first-order valence-corrected chi connectivity index (χ1v) is 21.4. The molecule has 3 aromatic carbocycles. The zero-order valence-electron chi connectivity index (χ0n) is 34.2. The van der Waals surface area contributed by atoms with Crippen LogP contribution in [0.5, 0.6) is 0 Å². The van der Waals surface area contributed by atoms with Crippen LogP contribution >= 0.6 is 0 Å². The molecule has 0 aliphatic heterocycles. The highest BCUT2D eigenvalue weighted by molar-refractivity contribution is 5.91. The van der Waals surface area contributed by atoms with Gasteiger partial charge >= 0.3 is 5.97 Å². The second-order valence-electron chi connectivity index (χ2n) is 15.3. The molecule has 11 heteroatoms. The molecule has 0 radical (unpaired) electrons. The minimum Gasteiger partial charge on any atom is -0.480 e. The molecule has 312 valence electrons. The van der Waals surface area contributed by atoms with Crippen LogP contribution in [0, 0.1) is 0 Å². The van der Waals surface area contributed by atoms with Gasteiger partial charge in [0, 0.05) is 19.4 Å². The van der Waals surface area contributed by atoms with Gasteiger partial charge in [-0.2, -0.15) is 0 Å². The molecule has 3 atom stereocenters. The summed E-state index contributed by atoms with van der Waals surface area (Å²) in [6.07, 6.45) is 19.4. The molecule has 3 aromatic rings. The first-order chi connectivity index (χ1) is 27.7. The molecule has 8 N–H and O–H groups in total. The number of carboxylic acids is 1. The number of benzene rings is 3. The third kappa shape index (κ3) is 19.2. The van der Waals surface area contributed by atoms with Crippen molar-refractivity contribution in [2.75, 3.05) is 6.54 Å². The fourth-order valence-electron chi connectivity index (χ4n) is 7.25. The number of aliphatic carboxylic acids is 1. The van der Waals surface area contributed by atoms with E-state index in [1.165, 1.54) is 70.6 Å². The van der Waals surface area contributed by atoms with Gasteiger partial charge in [-0.15, -0.1) is 0 Å². The zero-order chi connectivity index (χ0) is 41.1. The van der Waals surface area contributed by atoms with E-state index in [0.29, 0.717) is 18.4 Å². The lowest BCUT2D eigenvalue weighted by Crippen LogP contribution is -2.49. The standard InChI is InChI=1S/C46H68N6O5/c1-2-3-4-5-6-7-8-9-10-11-12-13-14-15-19-31-42(53)50-39(30-23-32-49-46(47)48)44(55)52-40(38-29-22-27-36-26-20-21-28-37(36)38)34-43(54)51-41(45(56)57)33-35-24-17-16-18-25-35/h16-18,20-22,24-29,39-41H,2-15,19,23,30-34H2,1H3,(H,50,53)(H,51,54)(H,52,55)(H,56,57)(H4,47,48,49)/t39-,40-,41-/m0/s1. The maximum Gasteiger partial charge on any atom is 0.326 e. The van der Waals surface area contributed by atoms with Gasteiger partial charge in [-0.25, -0.2) is 4.79 Å². The van der Waals surface area contributed by atoms with Crippen LogP contribution in [-0.4, -0.2) is 53.4 Å². The predicted octanol–water partition coefficient (Wildman–Crippen LogP) is 8.00. The Morgan fingerprint density at radius 3 is 1.81 bits per heavy atom. The van der Waals surface area contributed by atoms with Gasteiger partial charge in [-0.3, -0.25) is 19.4 Å². The third-order valence-corrected chi connectivity index (χ3v) is 10.4. The van der Waals surface area contributed by atoms with Gasteiger partial charge in [0.1, 0.15) is 12.1 Å². The maximum atomic E-state index is 14.1. The number of carbonyl (C=O) groups is 4. The molecule has 0 aromatic heterocycles. The first kappa shape index (κ1) is 46.5. The predicted molar refractivity (Wildman–Crippen MR) is 231 cm³/mol. The smallest absolute Gasteiger partial charge is 0.326 e. The number of hydrogen-bond acceptors (Lipinski definition) is 5. The number of unbranched alkanes of at least 4 members (excludes halogenated alkanes) is 14. The molecule has 11 nitrogen and oxygen atoms in total. The van der Waals surface area contributed by atoms with Crippen LogP contribution in [0.15, 0.2) is 77.8 Å². The van der Waals surface area contributed by atoms with E-state index in [4.69, 9.17) is 11.5 Å². The largest absolute Gasteiger partial charge is 0.480 e. The molecule has 0 aliphatic rings. The zero-order valence-corrected chi connectivity index (χ0v) is 34.2. The number of rotatable bonds is 30. The van der Waals surface area contributed by atoms with Crippen molar-refractivity contribution < 1.29 is 24.3 Å². The van der Waals surface area contributed by atoms with E-state index in [1.54, 1.807) is 0 Å². The van der Waals surface area contributed by atoms with Crippen LogP contribution in [0.1, 0.15) is 146 Å². The Balaban J connectivity index is 1.59. The summed E-state index contributed by atoms with van der Waals surface area (Å²) in [5.41, 5.74) is 12.5. The summed E-state index contributed by atoms with van der Waals surface area (Å²) < 4.78 is 0. The fraction of sp³-hybridized carbons (Fsp3) is 0.543. The van der Waals surface area contributed by atoms with Crippen LogP contribution in [-0.2, 0) is 25.6 Å². The Morgan fingerprint density at radius 1 is 0.632 bits per heavy atom. The number of aliphatic imine (C=N–C) groups is 1. The van der Waals surface area contributed by atoms with Crippen LogP contribution in [0.2, 0.25) is 0 Å². The second-order valence-corrected chi connectivity index (χ2v) is 15.3. The highest BCUT2D eigenvalue weighted by Crippen LogP contribution is 2.27. The Hall–Kier alpha value is -4.93. The van der Waals surface area contributed by atoms with E-state index >= 15 is 0 Å². The van der Waals surface area contributed by atoms with Crippen molar-refractivity contribution in [3.05, 3.63) is 83.9 Å². The van der Waals surface area contributed by atoms with E-state index in [9.17, 15) is 24.3 Å². The molecule has 0 bridgehead atoms. The summed E-state index contributed by atoms with van der Waals surface area (Å²) in [6, 6.07) is 19.5. The second kappa shape index (κ2) is 27.6. The van der Waals surface area contributed by atoms with Gasteiger partial charge < -0.3 is 32.5 Å². The van der Waals surface area contributed by atoms with E-state index in [-0.39, 0.29) is 37.7 Å². The third-order valence-electron chi connectivity index (χ3n) is 10.4. The molecular formula is C46H68N6O5. The van der Waals surface area contributed by atoms with Gasteiger partial charge in [0.25, 0.3) is 0 Å². The minimum atomic E-state index is -1.16. The summed E-state index contributed by atoms with van der Waals surface area (Å²) in [6.45, 7) is 2.54. The number of fused-ring (bicyclic) bond motifs is 1. The lowest BCUT2D eigenvalue weighted by Gasteiger charge is -2.25. The van der Waals surface area contributed by atoms with Crippen molar-refractivity contribution in [2.45, 2.75) is 153 Å². The minimum absolute atomic E-state index is 0.0536. The van der Waals surface area contributed by atoms with Gasteiger partial charge in [-0.1, -0.05) is 170 Å². The number of nitrogens with two attached hydrogens (primary N) is 2. The van der Waals surface area contributed by atoms with Crippen molar-refractivity contribution in [1.29, 1.82) is 0 Å². The Kier molecular flexibility index (Phi) is 22.5. The van der Waals surface area contributed by atoms with E-state index in [1.807, 2.05) is 72.8 Å². The Bertz CT molecular complexity index is 1660. The SMILES string of the molecule is CCCCCCCCCCCCCCCCCC(=O)N[C@@H](CCCN=C(N)N)C(=O)N[C@@H](CC(=O)N[C@@H](Cc1ccccc1)C(=O)O)c1cccc2ccccc12. The molecular weight excluding hydrogens is 717 g/mol. The molecule has 0 heterocycles. The number of nitrogens with one attached hydrogen (secondary N) is 3. The number of carboxylic acid groups (broad SMARTS) is 1. The normalized spacial score (nSPS) is 12.6. The van der Waals surface area contributed by atoms with Crippen LogP contribution in [0.3, 0.4) is 0 Å². The Morgan fingerprint density at radius 2 is 1.19 bits per heavy atom. The number of amides is 3. The average molecular weight is 785 g/mol. The number of hydrogen-bond donors (Lipinski definition) is 6. The number of carbonyl (C=O) groups excluding carboxylic acids is 3. The van der Waals surface area contributed by atoms with Crippen LogP contribution in [0.4, 0.5) is 0 Å². The number of guanidine groups is 1. The highest BCUT2D eigenvalue weighted by Gasteiger charge is 2.28. The summed E-state index contributed by atoms with van der Waals surface area (Å²) in [5, 5.41) is 20.4. The molecule has 0 spiro atoms. The van der Waals surface area contributed by atoms with Crippen molar-refractivity contribution in [2.24, 2.45) is 16.5 Å². The summed E-state index contributed by atoms with van der Waals surface area (Å²) in [5.74, 6) is -2.40. The van der Waals surface area contributed by atoms with Crippen molar-refractivity contribution in [1.82, 2.24) is 16.0 Å². The monoisotopic (exact) mass is 785 g/mol. The molecule has 0 aliphatic carbocycles.